The maximum absolute atomic E-state index is 11.4. The van der Waals surface area contributed by atoms with E-state index in [1.807, 2.05) is 12.3 Å². The molecule has 0 unspecified atom stereocenters. The number of nitrogens with one attached hydrogen (secondary N) is 1. The van der Waals surface area contributed by atoms with Gasteiger partial charge < -0.3 is 5.32 Å². The molecule has 0 aromatic carbocycles. The Hall–Kier alpha value is -0.650. The summed E-state index contributed by atoms with van der Waals surface area (Å²) in [4.78, 5) is 17.5. The van der Waals surface area contributed by atoms with E-state index in [2.05, 4.69) is 10.3 Å². The Labute approximate surface area is 92.7 Å². The van der Waals surface area contributed by atoms with Gasteiger partial charge in [-0.15, -0.1) is 23.7 Å². The molecule has 2 rings (SSSR count). The van der Waals surface area contributed by atoms with Crippen LogP contribution in [-0.4, -0.2) is 30.5 Å². The molecule has 1 fully saturated rings. The van der Waals surface area contributed by atoms with Crippen LogP contribution in [0, 0.1) is 6.92 Å². The van der Waals surface area contributed by atoms with Crippen molar-refractivity contribution >= 4 is 34.8 Å². The number of anilines is 1. The molecule has 6 heteroatoms. The lowest BCUT2D eigenvalue weighted by atomic mass is 10.4. The number of aryl methyl sites for hydroxylation is 1. The SMILES string of the molecule is Cc1csc(N2CCNCC2=O)n1.Cl. The van der Waals surface area contributed by atoms with Crippen molar-refractivity contribution in [3.8, 4) is 0 Å². The first kappa shape index (κ1) is 11.4. The van der Waals surface area contributed by atoms with Crippen LogP contribution in [0.15, 0.2) is 5.38 Å². The zero-order valence-electron chi connectivity index (χ0n) is 7.82. The van der Waals surface area contributed by atoms with Gasteiger partial charge in [-0.05, 0) is 6.92 Å². The second-order valence-electron chi connectivity index (χ2n) is 2.99. The Bertz CT molecular complexity index is 328. The standard InChI is InChI=1S/C8H11N3OS.ClH/c1-6-5-13-8(10-6)11-3-2-9-4-7(11)12;/h5,9H,2-4H2,1H3;1H. The fourth-order valence-electron chi connectivity index (χ4n) is 1.27. The van der Waals surface area contributed by atoms with Crippen LogP contribution in [0.3, 0.4) is 0 Å². The number of aromatic nitrogens is 1. The number of hydrogen-bond acceptors (Lipinski definition) is 4. The summed E-state index contributed by atoms with van der Waals surface area (Å²) in [5, 5.41) is 5.81. The second-order valence-corrected chi connectivity index (χ2v) is 3.83. The smallest absolute Gasteiger partial charge is 0.242 e. The molecule has 1 amide bonds. The van der Waals surface area contributed by atoms with Crippen molar-refractivity contribution in [2.24, 2.45) is 0 Å². The summed E-state index contributed by atoms with van der Waals surface area (Å²) in [5.41, 5.74) is 0.978. The van der Waals surface area contributed by atoms with Crippen molar-refractivity contribution in [3.05, 3.63) is 11.1 Å². The number of halogens is 1. The highest BCUT2D eigenvalue weighted by Crippen LogP contribution is 2.20. The van der Waals surface area contributed by atoms with E-state index in [-0.39, 0.29) is 18.3 Å². The Morgan fingerprint density at radius 1 is 1.64 bits per heavy atom. The molecule has 0 bridgehead atoms. The van der Waals surface area contributed by atoms with Crippen molar-refractivity contribution in [2.75, 3.05) is 24.5 Å². The predicted molar refractivity (Wildman–Crippen MR) is 59.3 cm³/mol. The molecule has 4 nitrogen and oxygen atoms in total. The molecule has 0 aliphatic carbocycles. The van der Waals surface area contributed by atoms with Crippen LogP contribution in [0.1, 0.15) is 5.69 Å². The van der Waals surface area contributed by atoms with Crippen LogP contribution in [0.25, 0.3) is 0 Å². The summed E-state index contributed by atoms with van der Waals surface area (Å²) < 4.78 is 0. The van der Waals surface area contributed by atoms with Crippen LogP contribution in [0.2, 0.25) is 0 Å². The van der Waals surface area contributed by atoms with Crippen LogP contribution in [-0.2, 0) is 4.79 Å². The fourth-order valence-corrected chi connectivity index (χ4v) is 2.12. The number of amides is 1. The largest absolute Gasteiger partial charge is 0.307 e. The van der Waals surface area contributed by atoms with Gasteiger partial charge in [0.2, 0.25) is 5.91 Å². The maximum Gasteiger partial charge on any atom is 0.242 e. The average Bonchev–Trinajstić information content (AvgIpc) is 2.53. The molecular formula is C8H12ClN3OS. The molecule has 1 aliphatic heterocycles. The number of hydrogen-bond donors (Lipinski definition) is 1. The number of carbonyl (C=O) groups is 1. The summed E-state index contributed by atoms with van der Waals surface area (Å²) in [7, 11) is 0. The minimum Gasteiger partial charge on any atom is -0.307 e. The van der Waals surface area contributed by atoms with E-state index >= 15 is 0 Å². The number of rotatable bonds is 1. The van der Waals surface area contributed by atoms with Crippen molar-refractivity contribution < 1.29 is 4.79 Å². The van der Waals surface area contributed by atoms with Gasteiger partial charge in [0.25, 0.3) is 0 Å². The highest BCUT2D eigenvalue weighted by molar-refractivity contribution is 7.14. The van der Waals surface area contributed by atoms with E-state index in [0.29, 0.717) is 6.54 Å². The lowest BCUT2D eigenvalue weighted by Crippen LogP contribution is -2.48. The first-order valence-electron chi connectivity index (χ1n) is 4.20. The van der Waals surface area contributed by atoms with Gasteiger partial charge >= 0.3 is 0 Å². The van der Waals surface area contributed by atoms with E-state index in [0.717, 1.165) is 23.9 Å². The molecule has 14 heavy (non-hydrogen) atoms. The normalized spacial score (nSPS) is 16.6. The lowest BCUT2D eigenvalue weighted by Gasteiger charge is -2.24. The molecular weight excluding hydrogens is 222 g/mol. The van der Waals surface area contributed by atoms with Crippen LogP contribution >= 0.6 is 23.7 Å². The van der Waals surface area contributed by atoms with Gasteiger partial charge in [0.15, 0.2) is 5.13 Å². The van der Waals surface area contributed by atoms with Crippen molar-refractivity contribution in [1.29, 1.82) is 0 Å². The van der Waals surface area contributed by atoms with Crippen molar-refractivity contribution in [3.63, 3.8) is 0 Å². The van der Waals surface area contributed by atoms with Gasteiger partial charge in [-0.3, -0.25) is 9.69 Å². The first-order valence-corrected chi connectivity index (χ1v) is 5.08. The molecule has 78 valence electrons. The monoisotopic (exact) mass is 233 g/mol. The Morgan fingerprint density at radius 2 is 2.43 bits per heavy atom. The third-order valence-corrected chi connectivity index (χ3v) is 2.91. The lowest BCUT2D eigenvalue weighted by molar-refractivity contribution is -0.118. The van der Waals surface area contributed by atoms with E-state index < -0.39 is 0 Å². The van der Waals surface area contributed by atoms with Gasteiger partial charge in [0.05, 0.1) is 12.2 Å². The van der Waals surface area contributed by atoms with E-state index in [9.17, 15) is 4.79 Å². The van der Waals surface area contributed by atoms with Crippen molar-refractivity contribution in [2.45, 2.75) is 6.92 Å². The molecule has 0 radical (unpaired) electrons. The zero-order valence-corrected chi connectivity index (χ0v) is 9.45. The Balaban J connectivity index is 0.000000980. The van der Waals surface area contributed by atoms with Gasteiger partial charge in [-0.2, -0.15) is 0 Å². The van der Waals surface area contributed by atoms with E-state index in [1.165, 1.54) is 11.3 Å². The number of piperazine rings is 1. The second kappa shape index (κ2) is 4.72. The Kier molecular flexibility index (Phi) is 3.86. The third-order valence-electron chi connectivity index (χ3n) is 1.93. The van der Waals surface area contributed by atoms with E-state index in [4.69, 9.17) is 0 Å². The fraction of sp³-hybridized carbons (Fsp3) is 0.500. The Morgan fingerprint density at radius 3 is 3.00 bits per heavy atom. The third kappa shape index (κ3) is 2.23. The maximum atomic E-state index is 11.4. The summed E-state index contributed by atoms with van der Waals surface area (Å²) in [6, 6.07) is 0. The van der Waals surface area contributed by atoms with Gasteiger partial charge in [0, 0.05) is 18.5 Å². The van der Waals surface area contributed by atoms with Gasteiger partial charge in [-0.1, -0.05) is 0 Å². The number of carbonyl (C=O) groups excluding carboxylic acids is 1. The number of thiazole rings is 1. The molecule has 0 spiro atoms. The van der Waals surface area contributed by atoms with Crippen molar-refractivity contribution in [1.82, 2.24) is 10.3 Å². The highest BCUT2D eigenvalue weighted by atomic mass is 35.5. The van der Waals surface area contributed by atoms with Crippen LogP contribution < -0.4 is 10.2 Å². The molecule has 1 aliphatic rings. The zero-order chi connectivity index (χ0) is 9.26. The minimum atomic E-state index is 0. The molecule has 1 N–H and O–H groups in total. The molecule has 1 aromatic rings. The quantitative estimate of drug-likeness (QED) is 0.781. The summed E-state index contributed by atoms with van der Waals surface area (Å²) in [6.45, 7) is 3.95. The average molecular weight is 234 g/mol. The van der Waals surface area contributed by atoms with E-state index in [1.54, 1.807) is 4.90 Å². The highest BCUT2D eigenvalue weighted by Gasteiger charge is 2.21. The first-order chi connectivity index (χ1) is 6.27. The van der Waals surface area contributed by atoms with Gasteiger partial charge in [0.1, 0.15) is 0 Å². The van der Waals surface area contributed by atoms with Gasteiger partial charge in [-0.25, -0.2) is 4.98 Å². The number of nitrogens with zero attached hydrogens (tertiary/aromatic N) is 2. The summed E-state index contributed by atoms with van der Waals surface area (Å²) in [5.74, 6) is 0.112. The molecule has 0 saturated carbocycles. The molecule has 0 atom stereocenters. The predicted octanol–water partition coefficient (Wildman–Crippen LogP) is 0.810. The minimum absolute atomic E-state index is 0. The molecule has 2 heterocycles. The topological polar surface area (TPSA) is 45.2 Å². The molecule has 1 saturated heterocycles. The summed E-state index contributed by atoms with van der Waals surface area (Å²) in [6.07, 6.45) is 0. The molecule has 1 aromatic heterocycles. The van der Waals surface area contributed by atoms with Crippen LogP contribution in [0.4, 0.5) is 5.13 Å². The summed E-state index contributed by atoms with van der Waals surface area (Å²) >= 11 is 1.53. The van der Waals surface area contributed by atoms with Crippen LogP contribution in [0.5, 0.6) is 0 Å².